The fourth-order valence-corrected chi connectivity index (χ4v) is 2.77. The second kappa shape index (κ2) is 4.99. The van der Waals surface area contributed by atoms with Crippen LogP contribution in [0.25, 0.3) is 0 Å². The topological polar surface area (TPSA) is 29.9 Å². The Morgan fingerprint density at radius 1 is 1.41 bits per heavy atom. The van der Waals surface area contributed by atoms with Crippen LogP contribution in [0, 0.1) is 6.92 Å². The van der Waals surface area contributed by atoms with E-state index in [1.54, 1.807) is 0 Å². The van der Waals surface area contributed by atoms with Crippen molar-refractivity contribution >= 4 is 11.6 Å². The maximum atomic E-state index is 6.30. The number of rotatable bonds is 5. The summed E-state index contributed by atoms with van der Waals surface area (Å²) >= 11 is 6.30. The normalized spacial score (nSPS) is 18.1. The molecule has 0 atom stereocenters. The first-order chi connectivity index (χ1) is 8.12. The molecular formula is C13H22ClN3. The second-order valence-electron chi connectivity index (χ2n) is 5.00. The van der Waals surface area contributed by atoms with Crippen molar-refractivity contribution in [1.82, 2.24) is 15.1 Å². The predicted molar refractivity (Wildman–Crippen MR) is 71.4 cm³/mol. The van der Waals surface area contributed by atoms with Gasteiger partial charge in [-0.1, -0.05) is 18.5 Å². The van der Waals surface area contributed by atoms with E-state index in [-0.39, 0.29) is 0 Å². The molecule has 1 aromatic rings. The van der Waals surface area contributed by atoms with Gasteiger partial charge < -0.3 is 5.32 Å². The molecular weight excluding hydrogens is 234 g/mol. The van der Waals surface area contributed by atoms with Crippen LogP contribution in [0.15, 0.2) is 0 Å². The van der Waals surface area contributed by atoms with Crippen molar-refractivity contribution in [3.63, 3.8) is 0 Å². The van der Waals surface area contributed by atoms with Crippen molar-refractivity contribution in [2.24, 2.45) is 0 Å². The molecule has 4 heteroatoms. The molecule has 0 spiro atoms. The lowest BCUT2D eigenvalue weighted by molar-refractivity contribution is 0.174. The van der Waals surface area contributed by atoms with Crippen LogP contribution in [-0.2, 0) is 13.1 Å². The highest BCUT2D eigenvalue weighted by molar-refractivity contribution is 6.31. The number of nitrogens with one attached hydrogen (secondary N) is 1. The van der Waals surface area contributed by atoms with Gasteiger partial charge >= 0.3 is 0 Å². The minimum absolute atomic E-state index is 0.361. The van der Waals surface area contributed by atoms with Gasteiger partial charge in [0.1, 0.15) is 0 Å². The molecule has 0 radical (unpaired) electrons. The molecule has 1 N–H and O–H groups in total. The van der Waals surface area contributed by atoms with Crippen LogP contribution in [-0.4, -0.2) is 15.3 Å². The largest absolute Gasteiger partial charge is 0.306 e. The molecule has 2 rings (SSSR count). The lowest BCUT2D eigenvalue weighted by Gasteiger charge is -2.42. The molecule has 1 saturated carbocycles. The van der Waals surface area contributed by atoms with Crippen LogP contribution in [0.3, 0.4) is 0 Å². The Balaban J connectivity index is 2.08. The number of nitrogens with zero attached hydrogens (tertiary/aromatic N) is 2. The quantitative estimate of drug-likeness (QED) is 0.875. The Hall–Kier alpha value is -0.540. The first-order valence-electron chi connectivity index (χ1n) is 6.58. The Bertz CT molecular complexity index is 388. The Morgan fingerprint density at radius 2 is 2.12 bits per heavy atom. The van der Waals surface area contributed by atoms with Gasteiger partial charge in [0.15, 0.2) is 0 Å². The van der Waals surface area contributed by atoms with E-state index < -0.39 is 0 Å². The molecule has 17 heavy (non-hydrogen) atoms. The molecule has 0 unspecified atom stereocenters. The number of aromatic nitrogens is 2. The van der Waals surface area contributed by atoms with E-state index >= 15 is 0 Å². The van der Waals surface area contributed by atoms with Gasteiger partial charge in [0, 0.05) is 18.6 Å². The lowest BCUT2D eigenvalue weighted by atomic mass is 9.75. The zero-order valence-electron chi connectivity index (χ0n) is 11.0. The van der Waals surface area contributed by atoms with Gasteiger partial charge in [-0.2, -0.15) is 5.10 Å². The summed E-state index contributed by atoms with van der Waals surface area (Å²) in [5, 5.41) is 8.95. The molecule has 1 aromatic heterocycles. The van der Waals surface area contributed by atoms with Crippen LogP contribution < -0.4 is 5.32 Å². The monoisotopic (exact) mass is 255 g/mol. The molecule has 0 aromatic carbocycles. The molecule has 96 valence electrons. The van der Waals surface area contributed by atoms with Crippen molar-refractivity contribution in [3.05, 3.63) is 16.4 Å². The lowest BCUT2D eigenvalue weighted by Crippen LogP contribution is -2.50. The van der Waals surface area contributed by atoms with Crippen molar-refractivity contribution < 1.29 is 0 Å². The predicted octanol–water partition coefficient (Wildman–Crippen LogP) is 3.29. The fourth-order valence-electron chi connectivity index (χ4n) is 2.57. The van der Waals surface area contributed by atoms with Gasteiger partial charge in [-0.3, -0.25) is 4.68 Å². The third-order valence-electron chi connectivity index (χ3n) is 4.07. The Morgan fingerprint density at radius 3 is 2.59 bits per heavy atom. The third-order valence-corrected chi connectivity index (χ3v) is 4.56. The van der Waals surface area contributed by atoms with Gasteiger partial charge in [0.2, 0.25) is 0 Å². The number of halogens is 1. The summed E-state index contributed by atoms with van der Waals surface area (Å²) in [5.41, 5.74) is 2.43. The molecule has 1 heterocycles. The minimum atomic E-state index is 0.361. The zero-order chi connectivity index (χ0) is 12.5. The van der Waals surface area contributed by atoms with Crippen LogP contribution in [0.1, 0.15) is 50.9 Å². The summed E-state index contributed by atoms with van der Waals surface area (Å²) < 4.78 is 2.01. The molecule has 0 aliphatic heterocycles. The number of hydrogen-bond acceptors (Lipinski definition) is 2. The number of hydrogen-bond donors (Lipinski definition) is 1. The van der Waals surface area contributed by atoms with E-state index in [9.17, 15) is 0 Å². The van der Waals surface area contributed by atoms with E-state index in [0.717, 1.165) is 29.5 Å². The van der Waals surface area contributed by atoms with Crippen LogP contribution in [0.2, 0.25) is 5.02 Å². The summed E-state index contributed by atoms with van der Waals surface area (Å²) in [6, 6.07) is 0. The molecule has 0 saturated heterocycles. The van der Waals surface area contributed by atoms with Crippen molar-refractivity contribution in [2.45, 2.75) is 65.1 Å². The first kappa shape index (κ1) is 12.9. The maximum Gasteiger partial charge on any atom is 0.0860 e. The van der Waals surface area contributed by atoms with E-state index in [1.165, 1.54) is 25.7 Å². The van der Waals surface area contributed by atoms with Gasteiger partial charge in [-0.05, 0) is 39.5 Å². The zero-order valence-corrected chi connectivity index (χ0v) is 11.8. The standard InChI is InChI=1S/C13H22ClN3/c1-4-13(7-6-8-13)15-9-11-12(14)10(3)16-17(11)5-2/h15H,4-9H2,1-3H3. The van der Waals surface area contributed by atoms with Gasteiger partial charge in [0.25, 0.3) is 0 Å². The Kier molecular flexibility index (Phi) is 3.79. The van der Waals surface area contributed by atoms with Gasteiger partial charge in [-0.15, -0.1) is 0 Å². The molecule has 3 nitrogen and oxygen atoms in total. The molecule has 0 bridgehead atoms. The summed E-state index contributed by atoms with van der Waals surface area (Å²) in [4.78, 5) is 0. The van der Waals surface area contributed by atoms with Crippen molar-refractivity contribution in [3.8, 4) is 0 Å². The SMILES string of the molecule is CCn1nc(C)c(Cl)c1CNC1(CC)CCC1. The van der Waals surface area contributed by atoms with Crippen molar-refractivity contribution in [2.75, 3.05) is 0 Å². The summed E-state index contributed by atoms with van der Waals surface area (Å²) in [6.07, 6.45) is 5.13. The highest BCUT2D eigenvalue weighted by Gasteiger charge is 2.34. The van der Waals surface area contributed by atoms with Crippen LogP contribution >= 0.6 is 11.6 Å². The first-order valence-corrected chi connectivity index (χ1v) is 6.96. The van der Waals surface area contributed by atoms with E-state index in [0.29, 0.717) is 5.54 Å². The highest BCUT2D eigenvalue weighted by Crippen LogP contribution is 2.35. The average molecular weight is 256 g/mol. The number of aryl methyl sites for hydroxylation is 2. The smallest absolute Gasteiger partial charge is 0.0860 e. The van der Waals surface area contributed by atoms with E-state index in [2.05, 4.69) is 24.3 Å². The molecule has 1 fully saturated rings. The van der Waals surface area contributed by atoms with Gasteiger partial charge in [0.05, 0.1) is 16.4 Å². The van der Waals surface area contributed by atoms with Crippen LogP contribution in [0.5, 0.6) is 0 Å². The third kappa shape index (κ3) is 2.36. The van der Waals surface area contributed by atoms with E-state index in [1.807, 2.05) is 11.6 Å². The second-order valence-corrected chi connectivity index (χ2v) is 5.38. The van der Waals surface area contributed by atoms with Crippen molar-refractivity contribution in [1.29, 1.82) is 0 Å². The van der Waals surface area contributed by atoms with E-state index in [4.69, 9.17) is 11.6 Å². The fraction of sp³-hybridized carbons (Fsp3) is 0.769. The summed E-state index contributed by atoms with van der Waals surface area (Å²) in [6.45, 7) is 8.04. The maximum absolute atomic E-state index is 6.30. The molecule has 1 aliphatic rings. The van der Waals surface area contributed by atoms with Crippen LogP contribution in [0.4, 0.5) is 0 Å². The Labute approximate surface area is 109 Å². The molecule has 0 amide bonds. The average Bonchev–Trinajstić information content (AvgIpc) is 2.55. The summed E-state index contributed by atoms with van der Waals surface area (Å²) in [7, 11) is 0. The highest BCUT2D eigenvalue weighted by atomic mass is 35.5. The molecule has 1 aliphatic carbocycles. The van der Waals surface area contributed by atoms with Gasteiger partial charge in [-0.25, -0.2) is 0 Å². The minimum Gasteiger partial charge on any atom is -0.306 e. The summed E-state index contributed by atoms with van der Waals surface area (Å²) in [5.74, 6) is 0.